The molecule has 1 atom stereocenters. The van der Waals surface area contributed by atoms with E-state index >= 15 is 0 Å². The van der Waals surface area contributed by atoms with Gasteiger partial charge in [0.15, 0.2) is 5.96 Å². The summed E-state index contributed by atoms with van der Waals surface area (Å²) in [4.78, 5) is 8.41. The van der Waals surface area contributed by atoms with Crippen molar-refractivity contribution in [2.24, 2.45) is 4.99 Å². The van der Waals surface area contributed by atoms with E-state index in [0.29, 0.717) is 38.6 Å². The van der Waals surface area contributed by atoms with Gasteiger partial charge in [0.1, 0.15) is 0 Å². The second kappa shape index (κ2) is 9.23. The van der Waals surface area contributed by atoms with E-state index in [2.05, 4.69) is 29.6 Å². The number of nitrogens with zero attached hydrogens (tertiary/aromatic N) is 3. The van der Waals surface area contributed by atoms with E-state index in [4.69, 9.17) is 9.73 Å². The molecule has 0 amide bonds. The van der Waals surface area contributed by atoms with Crippen molar-refractivity contribution in [3.8, 4) is 0 Å². The first-order valence-electron chi connectivity index (χ1n) is 9.33. The van der Waals surface area contributed by atoms with Crippen LogP contribution in [0.1, 0.15) is 26.2 Å². The van der Waals surface area contributed by atoms with Crippen molar-refractivity contribution >= 4 is 5.96 Å². The first-order valence-corrected chi connectivity index (χ1v) is 9.33. The van der Waals surface area contributed by atoms with Crippen molar-refractivity contribution in [2.45, 2.75) is 43.9 Å². The SMILES string of the molecule is CCNC(=NCC1(N(C)C)CCOCC1)NC1CCN(CC(F)(F)F)C1. The monoisotopic (exact) mass is 379 g/mol. The Hall–Kier alpha value is -1.06. The van der Waals surface area contributed by atoms with Gasteiger partial charge in [-0.25, -0.2) is 0 Å². The molecule has 26 heavy (non-hydrogen) atoms. The maximum absolute atomic E-state index is 12.5. The fourth-order valence-electron chi connectivity index (χ4n) is 3.59. The predicted octanol–water partition coefficient (Wildman–Crippen LogP) is 1.29. The van der Waals surface area contributed by atoms with Crippen LogP contribution in [0.15, 0.2) is 4.99 Å². The lowest BCUT2D eigenvalue weighted by Gasteiger charge is -2.41. The highest BCUT2D eigenvalue weighted by Gasteiger charge is 2.36. The third-order valence-electron chi connectivity index (χ3n) is 5.26. The number of guanidine groups is 1. The van der Waals surface area contributed by atoms with Crippen molar-refractivity contribution in [3.05, 3.63) is 0 Å². The van der Waals surface area contributed by atoms with Crippen molar-refractivity contribution in [1.82, 2.24) is 20.4 Å². The van der Waals surface area contributed by atoms with Crippen LogP contribution in [0.3, 0.4) is 0 Å². The van der Waals surface area contributed by atoms with Crippen molar-refractivity contribution < 1.29 is 17.9 Å². The number of hydrogen-bond donors (Lipinski definition) is 2. The molecule has 0 spiro atoms. The smallest absolute Gasteiger partial charge is 0.381 e. The molecule has 0 saturated carbocycles. The molecular formula is C17H32F3N5O. The molecule has 2 heterocycles. The van der Waals surface area contributed by atoms with Crippen LogP contribution >= 0.6 is 0 Å². The average molecular weight is 379 g/mol. The zero-order chi connectivity index (χ0) is 19.2. The lowest BCUT2D eigenvalue weighted by atomic mass is 9.89. The van der Waals surface area contributed by atoms with Gasteiger partial charge >= 0.3 is 6.18 Å². The summed E-state index contributed by atoms with van der Waals surface area (Å²) < 4.78 is 43.1. The van der Waals surface area contributed by atoms with E-state index < -0.39 is 12.7 Å². The Morgan fingerprint density at radius 2 is 2.00 bits per heavy atom. The third kappa shape index (κ3) is 6.28. The van der Waals surface area contributed by atoms with Gasteiger partial charge in [-0.05, 0) is 40.3 Å². The highest BCUT2D eigenvalue weighted by molar-refractivity contribution is 5.80. The highest BCUT2D eigenvalue weighted by Crippen LogP contribution is 2.26. The zero-order valence-corrected chi connectivity index (χ0v) is 16.0. The van der Waals surface area contributed by atoms with Crippen LogP contribution in [0, 0.1) is 0 Å². The van der Waals surface area contributed by atoms with Gasteiger partial charge in [0, 0.05) is 44.4 Å². The summed E-state index contributed by atoms with van der Waals surface area (Å²) in [5.41, 5.74) is -0.0292. The van der Waals surface area contributed by atoms with Crippen molar-refractivity contribution in [2.75, 3.05) is 60.0 Å². The van der Waals surface area contributed by atoms with Crippen molar-refractivity contribution in [1.29, 1.82) is 0 Å². The first kappa shape index (κ1) is 21.2. The lowest BCUT2D eigenvalue weighted by Crippen LogP contribution is -2.52. The number of rotatable bonds is 6. The predicted molar refractivity (Wildman–Crippen MR) is 96.5 cm³/mol. The molecule has 2 fully saturated rings. The Kier molecular flexibility index (Phi) is 7.54. The van der Waals surface area contributed by atoms with Crippen LogP contribution in [0.5, 0.6) is 0 Å². The summed E-state index contributed by atoms with van der Waals surface area (Å²) in [6.45, 7) is 4.78. The number of halogens is 3. The molecule has 0 bridgehead atoms. The minimum absolute atomic E-state index is 0.0138. The molecule has 0 aliphatic carbocycles. The molecule has 1 unspecified atom stereocenters. The largest absolute Gasteiger partial charge is 0.401 e. The number of hydrogen-bond acceptors (Lipinski definition) is 4. The number of alkyl halides is 3. The molecule has 2 aliphatic rings. The number of aliphatic imine (C=N–C) groups is 1. The standard InChI is InChI=1S/C17H32F3N5O/c1-4-21-15(22-12-16(24(2)3)6-9-26-10-7-16)23-14-5-8-25(11-14)13-17(18,19)20/h14H,4-13H2,1-3H3,(H2,21,22,23). The van der Waals surface area contributed by atoms with E-state index in [0.717, 1.165) is 26.1 Å². The Bertz CT molecular complexity index is 464. The lowest BCUT2D eigenvalue weighted by molar-refractivity contribution is -0.143. The maximum Gasteiger partial charge on any atom is 0.401 e. The topological polar surface area (TPSA) is 52.1 Å². The number of likely N-dealkylation sites (tertiary alicyclic amines) is 1. The van der Waals surface area contributed by atoms with Crippen LogP contribution in [0.25, 0.3) is 0 Å². The highest BCUT2D eigenvalue weighted by atomic mass is 19.4. The molecule has 0 radical (unpaired) electrons. The van der Waals surface area contributed by atoms with E-state index in [1.54, 1.807) is 0 Å². The van der Waals surface area contributed by atoms with Crippen LogP contribution < -0.4 is 10.6 Å². The summed E-state index contributed by atoms with van der Waals surface area (Å²) in [7, 11) is 4.13. The molecule has 0 aromatic rings. The van der Waals surface area contributed by atoms with Gasteiger partial charge in [0.2, 0.25) is 0 Å². The number of nitrogens with one attached hydrogen (secondary N) is 2. The van der Waals surface area contributed by atoms with Crippen LogP contribution in [-0.2, 0) is 4.74 Å². The quantitative estimate of drug-likeness (QED) is 0.538. The fourth-order valence-corrected chi connectivity index (χ4v) is 3.59. The second-order valence-corrected chi connectivity index (χ2v) is 7.41. The number of likely N-dealkylation sites (N-methyl/N-ethyl adjacent to an activating group) is 1. The Morgan fingerprint density at radius 1 is 1.31 bits per heavy atom. The van der Waals surface area contributed by atoms with Crippen LogP contribution in [0.4, 0.5) is 13.2 Å². The molecule has 9 heteroatoms. The second-order valence-electron chi connectivity index (χ2n) is 7.41. The average Bonchev–Trinajstić information content (AvgIpc) is 2.98. The Morgan fingerprint density at radius 3 is 2.58 bits per heavy atom. The van der Waals surface area contributed by atoms with Gasteiger partial charge in [-0.1, -0.05) is 0 Å². The van der Waals surface area contributed by atoms with E-state index in [1.165, 1.54) is 4.90 Å². The number of ether oxygens (including phenoxy) is 1. The molecule has 2 rings (SSSR count). The minimum atomic E-state index is -4.14. The van der Waals surface area contributed by atoms with Crippen LogP contribution in [-0.4, -0.2) is 93.5 Å². The summed E-state index contributed by atoms with van der Waals surface area (Å²) in [5, 5.41) is 6.53. The van der Waals surface area contributed by atoms with E-state index in [9.17, 15) is 13.2 Å². The maximum atomic E-state index is 12.5. The summed E-state index contributed by atoms with van der Waals surface area (Å²) in [5.74, 6) is 0.680. The van der Waals surface area contributed by atoms with Gasteiger partial charge in [-0.2, -0.15) is 13.2 Å². The first-order chi connectivity index (χ1) is 12.2. The fraction of sp³-hybridized carbons (Fsp3) is 0.941. The van der Waals surface area contributed by atoms with Gasteiger partial charge in [0.05, 0.1) is 13.1 Å². The summed E-state index contributed by atoms with van der Waals surface area (Å²) >= 11 is 0. The van der Waals surface area contributed by atoms with Gasteiger partial charge < -0.3 is 20.3 Å². The Balaban J connectivity index is 1.94. The van der Waals surface area contributed by atoms with Gasteiger partial charge in [-0.15, -0.1) is 0 Å². The molecule has 2 saturated heterocycles. The van der Waals surface area contributed by atoms with Gasteiger partial charge in [-0.3, -0.25) is 9.89 Å². The van der Waals surface area contributed by atoms with Gasteiger partial charge in [0.25, 0.3) is 0 Å². The molecule has 2 N–H and O–H groups in total. The molecule has 152 valence electrons. The molecule has 0 aromatic carbocycles. The van der Waals surface area contributed by atoms with E-state index in [-0.39, 0.29) is 11.6 Å². The summed E-state index contributed by atoms with van der Waals surface area (Å²) in [6, 6.07) is -0.0138. The zero-order valence-electron chi connectivity index (χ0n) is 16.0. The molecule has 6 nitrogen and oxygen atoms in total. The molecule has 0 aromatic heterocycles. The van der Waals surface area contributed by atoms with Crippen LogP contribution in [0.2, 0.25) is 0 Å². The third-order valence-corrected chi connectivity index (χ3v) is 5.26. The van der Waals surface area contributed by atoms with Crippen molar-refractivity contribution in [3.63, 3.8) is 0 Å². The van der Waals surface area contributed by atoms with E-state index in [1.807, 2.05) is 6.92 Å². The normalized spacial score (nSPS) is 24.9. The minimum Gasteiger partial charge on any atom is -0.381 e. The summed E-state index contributed by atoms with van der Waals surface area (Å²) in [6.07, 6.45) is -1.61. The molecule has 2 aliphatic heterocycles. The Labute approximate surface area is 154 Å². The molecular weight excluding hydrogens is 347 g/mol.